The van der Waals surface area contributed by atoms with Crippen molar-refractivity contribution >= 4 is 5.69 Å². The van der Waals surface area contributed by atoms with Crippen molar-refractivity contribution in [3.8, 4) is 5.88 Å². The number of rotatable bonds is 3. The molecule has 0 aromatic carbocycles. The molecule has 1 aromatic rings. The fraction of sp³-hybridized carbons (Fsp3) is 0.667. The van der Waals surface area contributed by atoms with Crippen LogP contribution in [-0.4, -0.2) is 33.9 Å². The molecule has 1 atom stereocenters. The molecule has 16 heavy (non-hydrogen) atoms. The van der Waals surface area contributed by atoms with Gasteiger partial charge in [-0.25, -0.2) is 4.68 Å². The van der Waals surface area contributed by atoms with Crippen molar-refractivity contribution in [1.82, 2.24) is 15.1 Å². The molecular weight excluding hydrogens is 212 g/mol. The SMILES string of the molecule is Cn1ncc([N+](=O)[O-])c1O[C@H]1CCCNC1. The van der Waals surface area contributed by atoms with Gasteiger partial charge in [-0.15, -0.1) is 0 Å². The van der Waals surface area contributed by atoms with E-state index < -0.39 is 4.92 Å². The Morgan fingerprint density at radius 2 is 2.56 bits per heavy atom. The van der Waals surface area contributed by atoms with Crippen molar-refractivity contribution < 1.29 is 9.66 Å². The highest BCUT2D eigenvalue weighted by Gasteiger charge is 2.24. The van der Waals surface area contributed by atoms with E-state index in [9.17, 15) is 10.1 Å². The van der Waals surface area contributed by atoms with Crippen LogP contribution in [0.1, 0.15) is 12.8 Å². The molecule has 7 nitrogen and oxygen atoms in total. The van der Waals surface area contributed by atoms with Crippen molar-refractivity contribution in [2.75, 3.05) is 13.1 Å². The molecule has 0 amide bonds. The molecule has 1 N–H and O–H groups in total. The van der Waals surface area contributed by atoms with E-state index in [1.165, 1.54) is 10.9 Å². The molecule has 2 heterocycles. The van der Waals surface area contributed by atoms with Gasteiger partial charge < -0.3 is 10.1 Å². The first-order chi connectivity index (χ1) is 7.68. The predicted molar refractivity (Wildman–Crippen MR) is 56.4 cm³/mol. The average Bonchev–Trinajstić information content (AvgIpc) is 2.62. The summed E-state index contributed by atoms with van der Waals surface area (Å²) in [5, 5.41) is 17.8. The predicted octanol–water partition coefficient (Wildman–Crippen LogP) is 0.459. The normalized spacial score (nSPS) is 20.7. The van der Waals surface area contributed by atoms with Crippen LogP contribution in [0.25, 0.3) is 0 Å². The van der Waals surface area contributed by atoms with Crippen molar-refractivity contribution in [2.24, 2.45) is 7.05 Å². The number of hydrogen-bond acceptors (Lipinski definition) is 5. The number of piperidine rings is 1. The minimum absolute atomic E-state index is 0.0113. The van der Waals surface area contributed by atoms with Gasteiger partial charge in [-0.2, -0.15) is 5.10 Å². The summed E-state index contributed by atoms with van der Waals surface area (Å²) in [6.07, 6.45) is 3.14. The molecule has 1 saturated heterocycles. The monoisotopic (exact) mass is 226 g/mol. The van der Waals surface area contributed by atoms with Crippen molar-refractivity contribution in [1.29, 1.82) is 0 Å². The lowest BCUT2D eigenvalue weighted by Gasteiger charge is -2.23. The fourth-order valence-corrected chi connectivity index (χ4v) is 1.75. The maximum absolute atomic E-state index is 10.7. The average molecular weight is 226 g/mol. The van der Waals surface area contributed by atoms with Crippen LogP contribution in [-0.2, 0) is 7.05 Å². The smallest absolute Gasteiger partial charge is 0.350 e. The first kappa shape index (κ1) is 10.9. The second-order valence-corrected chi connectivity index (χ2v) is 3.80. The van der Waals surface area contributed by atoms with Crippen LogP contribution in [0.5, 0.6) is 5.88 Å². The van der Waals surface area contributed by atoms with Gasteiger partial charge in [0, 0.05) is 13.6 Å². The van der Waals surface area contributed by atoms with Gasteiger partial charge in [-0.3, -0.25) is 10.1 Å². The van der Waals surface area contributed by atoms with E-state index in [0.717, 1.165) is 25.9 Å². The molecule has 0 unspecified atom stereocenters. The molecule has 7 heteroatoms. The molecule has 1 aliphatic rings. The van der Waals surface area contributed by atoms with Crippen molar-refractivity contribution in [3.05, 3.63) is 16.3 Å². The van der Waals surface area contributed by atoms with Crippen LogP contribution in [0, 0.1) is 10.1 Å². The Hall–Kier alpha value is -1.63. The van der Waals surface area contributed by atoms with Crippen LogP contribution in [0.3, 0.4) is 0 Å². The number of nitro groups is 1. The Kier molecular flexibility index (Phi) is 3.04. The number of aryl methyl sites for hydroxylation is 1. The molecule has 0 aliphatic carbocycles. The van der Waals surface area contributed by atoms with Crippen molar-refractivity contribution in [2.45, 2.75) is 18.9 Å². The summed E-state index contributed by atoms with van der Waals surface area (Å²) in [7, 11) is 1.64. The van der Waals surface area contributed by atoms with Gasteiger partial charge in [0.2, 0.25) is 0 Å². The maximum Gasteiger partial charge on any atom is 0.350 e. The number of ether oxygens (including phenoxy) is 1. The van der Waals surface area contributed by atoms with Gasteiger partial charge in [0.05, 0.1) is 4.92 Å². The molecule has 0 radical (unpaired) electrons. The summed E-state index contributed by atoms with van der Waals surface area (Å²) in [5.74, 6) is 0.235. The Bertz CT molecular complexity index is 384. The van der Waals surface area contributed by atoms with E-state index in [2.05, 4.69) is 10.4 Å². The van der Waals surface area contributed by atoms with Gasteiger partial charge in [0.15, 0.2) is 0 Å². The van der Waals surface area contributed by atoms with E-state index in [0.29, 0.717) is 0 Å². The van der Waals surface area contributed by atoms with Gasteiger partial charge in [-0.05, 0) is 19.4 Å². The molecule has 1 aromatic heterocycles. The van der Waals surface area contributed by atoms with Gasteiger partial charge in [-0.1, -0.05) is 0 Å². The zero-order chi connectivity index (χ0) is 11.5. The third kappa shape index (κ3) is 2.13. The Morgan fingerprint density at radius 3 is 3.19 bits per heavy atom. The summed E-state index contributed by atoms with van der Waals surface area (Å²) >= 11 is 0. The second-order valence-electron chi connectivity index (χ2n) is 3.80. The highest BCUT2D eigenvalue weighted by molar-refractivity contribution is 5.39. The molecule has 0 saturated carbocycles. The number of nitrogens with zero attached hydrogens (tertiary/aromatic N) is 3. The minimum Gasteiger partial charge on any atom is -0.468 e. The van der Waals surface area contributed by atoms with Crippen LogP contribution in [0.15, 0.2) is 6.20 Å². The largest absolute Gasteiger partial charge is 0.468 e. The number of nitrogens with one attached hydrogen (secondary N) is 1. The Balaban J connectivity index is 2.12. The Morgan fingerprint density at radius 1 is 1.75 bits per heavy atom. The van der Waals surface area contributed by atoms with Gasteiger partial charge in [0.25, 0.3) is 5.88 Å². The zero-order valence-electron chi connectivity index (χ0n) is 9.05. The highest BCUT2D eigenvalue weighted by atomic mass is 16.6. The molecule has 0 bridgehead atoms. The van der Waals surface area contributed by atoms with Crippen LogP contribution in [0.4, 0.5) is 5.69 Å². The van der Waals surface area contributed by atoms with Gasteiger partial charge >= 0.3 is 5.69 Å². The minimum atomic E-state index is -0.474. The molecule has 1 aliphatic heterocycles. The lowest BCUT2D eigenvalue weighted by Crippen LogP contribution is -2.37. The summed E-state index contributed by atoms with van der Waals surface area (Å²) < 4.78 is 7.01. The lowest BCUT2D eigenvalue weighted by molar-refractivity contribution is -0.386. The lowest BCUT2D eigenvalue weighted by atomic mass is 10.1. The molecule has 0 spiro atoms. The van der Waals surface area contributed by atoms with E-state index in [4.69, 9.17) is 4.74 Å². The van der Waals surface area contributed by atoms with Crippen LogP contribution in [0.2, 0.25) is 0 Å². The summed E-state index contributed by atoms with van der Waals surface area (Å²) in [5.41, 5.74) is -0.0759. The molecular formula is C9H14N4O3. The summed E-state index contributed by atoms with van der Waals surface area (Å²) in [6, 6.07) is 0. The fourth-order valence-electron chi connectivity index (χ4n) is 1.75. The third-order valence-electron chi connectivity index (χ3n) is 2.59. The first-order valence-electron chi connectivity index (χ1n) is 5.22. The first-order valence-corrected chi connectivity index (χ1v) is 5.22. The standard InChI is InChI=1S/C9H14N4O3/c1-12-9(8(6-11-12)13(14)15)16-7-3-2-4-10-5-7/h6-7,10H,2-5H2,1H3/t7-/m0/s1. The number of aromatic nitrogens is 2. The zero-order valence-corrected chi connectivity index (χ0v) is 9.05. The maximum atomic E-state index is 10.7. The van der Waals surface area contributed by atoms with Crippen LogP contribution >= 0.6 is 0 Å². The number of hydrogen-bond donors (Lipinski definition) is 1. The quantitative estimate of drug-likeness (QED) is 0.598. The van der Waals surface area contributed by atoms with Crippen molar-refractivity contribution in [3.63, 3.8) is 0 Å². The molecule has 2 rings (SSSR count). The molecule has 1 fully saturated rings. The Labute approximate surface area is 92.5 Å². The van der Waals surface area contributed by atoms with E-state index in [1.807, 2.05) is 0 Å². The summed E-state index contributed by atoms with van der Waals surface area (Å²) in [4.78, 5) is 10.3. The molecule has 88 valence electrons. The van der Waals surface area contributed by atoms with Gasteiger partial charge in [0.1, 0.15) is 12.3 Å². The second kappa shape index (κ2) is 4.48. The highest BCUT2D eigenvalue weighted by Crippen LogP contribution is 2.27. The topological polar surface area (TPSA) is 82.2 Å². The van der Waals surface area contributed by atoms with E-state index in [-0.39, 0.29) is 17.7 Å². The van der Waals surface area contributed by atoms with Crippen LogP contribution < -0.4 is 10.1 Å². The summed E-state index contributed by atoms with van der Waals surface area (Å²) in [6.45, 7) is 1.70. The van der Waals surface area contributed by atoms with E-state index >= 15 is 0 Å². The van der Waals surface area contributed by atoms with E-state index in [1.54, 1.807) is 7.05 Å². The third-order valence-corrected chi connectivity index (χ3v) is 2.59.